The molecule has 0 spiro atoms. The zero-order chi connectivity index (χ0) is 24.1. The van der Waals surface area contributed by atoms with Gasteiger partial charge in [0.05, 0.1) is 6.10 Å². The van der Waals surface area contributed by atoms with Gasteiger partial charge in [0.2, 0.25) is 5.91 Å². The second-order valence-electron chi connectivity index (χ2n) is 8.67. The van der Waals surface area contributed by atoms with Crippen LogP contribution in [0, 0.1) is 5.92 Å². The minimum absolute atomic E-state index is 0.0867. The maximum absolute atomic E-state index is 12.8. The van der Waals surface area contributed by atoms with Crippen molar-refractivity contribution in [3.8, 4) is 11.1 Å². The Morgan fingerprint density at radius 3 is 1.97 bits per heavy atom. The predicted molar refractivity (Wildman–Crippen MR) is 126 cm³/mol. The molecular weight excluding hydrogens is 420 g/mol. The van der Waals surface area contributed by atoms with Gasteiger partial charge in [-0.3, -0.25) is 9.59 Å². The Morgan fingerprint density at radius 1 is 0.939 bits per heavy atom. The van der Waals surface area contributed by atoms with Gasteiger partial charge in [0, 0.05) is 5.92 Å². The van der Waals surface area contributed by atoms with E-state index in [2.05, 4.69) is 22.8 Å². The molecule has 7 heteroatoms. The average Bonchev–Trinajstić information content (AvgIpc) is 3.12. The molecular formula is C26H32N2O5. The number of rotatable bonds is 9. The summed E-state index contributed by atoms with van der Waals surface area (Å²) in [6, 6.07) is 14.2. The molecule has 1 aliphatic rings. The van der Waals surface area contributed by atoms with Crippen LogP contribution in [0.4, 0.5) is 4.79 Å². The number of nitrogens with one attached hydrogen (secondary N) is 2. The van der Waals surface area contributed by atoms with Gasteiger partial charge in [-0.1, -0.05) is 68.8 Å². The van der Waals surface area contributed by atoms with Crippen LogP contribution in [0.25, 0.3) is 11.1 Å². The first-order valence-electron chi connectivity index (χ1n) is 11.3. The first kappa shape index (κ1) is 24.5. The molecule has 0 heterocycles. The van der Waals surface area contributed by atoms with Crippen LogP contribution in [0.3, 0.4) is 0 Å². The summed E-state index contributed by atoms with van der Waals surface area (Å²) in [6.07, 6.45) is -1.12. The minimum atomic E-state index is -1.04. The normalized spacial score (nSPS) is 16.0. The molecule has 0 saturated carbocycles. The maximum Gasteiger partial charge on any atom is 0.407 e. The molecule has 3 N–H and O–H groups in total. The van der Waals surface area contributed by atoms with Gasteiger partial charge >= 0.3 is 6.09 Å². The molecule has 176 valence electrons. The predicted octanol–water partition coefficient (Wildman–Crippen LogP) is 3.39. The van der Waals surface area contributed by atoms with Crippen LogP contribution >= 0.6 is 0 Å². The highest BCUT2D eigenvalue weighted by Crippen LogP contribution is 2.44. The third kappa shape index (κ3) is 5.42. The van der Waals surface area contributed by atoms with Crippen molar-refractivity contribution in [3.63, 3.8) is 0 Å². The average molecular weight is 453 g/mol. The SMILES string of the molecule is CC[C@H](C)[C@H](NC(=O)OCC1c2ccccc2-c2ccccc21)C(=O)N[C@H](C(C)=O)[C@H](C)O. The summed E-state index contributed by atoms with van der Waals surface area (Å²) in [5.74, 6) is -1.18. The lowest BCUT2D eigenvalue weighted by atomic mass is 9.97. The summed E-state index contributed by atoms with van der Waals surface area (Å²) in [5.41, 5.74) is 4.47. The van der Waals surface area contributed by atoms with Gasteiger partial charge in [0.15, 0.2) is 5.78 Å². The van der Waals surface area contributed by atoms with Crippen molar-refractivity contribution in [1.29, 1.82) is 0 Å². The van der Waals surface area contributed by atoms with Crippen molar-refractivity contribution in [2.24, 2.45) is 5.92 Å². The molecule has 0 unspecified atom stereocenters. The number of ketones is 1. The lowest BCUT2D eigenvalue weighted by molar-refractivity contribution is -0.131. The van der Waals surface area contributed by atoms with Crippen molar-refractivity contribution in [2.75, 3.05) is 6.61 Å². The number of alkyl carbamates (subject to hydrolysis) is 1. The topological polar surface area (TPSA) is 105 Å². The van der Waals surface area contributed by atoms with Crippen LogP contribution < -0.4 is 10.6 Å². The number of aliphatic hydroxyl groups is 1. The second-order valence-corrected chi connectivity index (χ2v) is 8.67. The van der Waals surface area contributed by atoms with E-state index in [-0.39, 0.29) is 24.2 Å². The van der Waals surface area contributed by atoms with E-state index < -0.39 is 30.2 Å². The number of amides is 2. The smallest absolute Gasteiger partial charge is 0.407 e. The lowest BCUT2D eigenvalue weighted by Crippen LogP contribution is -2.56. The molecule has 3 rings (SSSR count). The molecule has 0 aromatic heterocycles. The Kier molecular flexibility index (Phi) is 7.87. The minimum Gasteiger partial charge on any atom is -0.449 e. The Morgan fingerprint density at radius 2 is 1.48 bits per heavy atom. The molecule has 2 aromatic carbocycles. The van der Waals surface area contributed by atoms with E-state index in [9.17, 15) is 19.5 Å². The summed E-state index contributed by atoms with van der Waals surface area (Å²) < 4.78 is 5.57. The van der Waals surface area contributed by atoms with E-state index in [1.54, 1.807) is 0 Å². The Labute approximate surface area is 194 Å². The Hall–Kier alpha value is -3.19. The standard InChI is InChI=1S/C26H32N2O5/c1-5-15(2)23(25(31)27-24(16(3)29)17(4)30)28-26(32)33-14-22-20-12-8-6-10-18(20)19-11-7-9-13-21(19)22/h6-13,15-16,22-24,29H,5,14H2,1-4H3,(H,27,31)(H,28,32)/t15-,16-,23-,24-/m0/s1. The van der Waals surface area contributed by atoms with Gasteiger partial charge in [-0.25, -0.2) is 4.79 Å². The first-order valence-corrected chi connectivity index (χ1v) is 11.3. The zero-order valence-corrected chi connectivity index (χ0v) is 19.5. The molecule has 7 nitrogen and oxygen atoms in total. The molecule has 0 saturated heterocycles. The molecule has 33 heavy (non-hydrogen) atoms. The molecule has 0 radical (unpaired) electrons. The highest BCUT2D eigenvalue weighted by Gasteiger charge is 2.32. The molecule has 0 fully saturated rings. The molecule has 4 atom stereocenters. The van der Waals surface area contributed by atoms with Gasteiger partial charge in [-0.2, -0.15) is 0 Å². The first-order chi connectivity index (χ1) is 15.7. The van der Waals surface area contributed by atoms with E-state index in [0.717, 1.165) is 22.3 Å². The number of hydrogen-bond acceptors (Lipinski definition) is 5. The van der Waals surface area contributed by atoms with E-state index in [1.807, 2.05) is 50.2 Å². The molecule has 1 aliphatic carbocycles. The van der Waals surface area contributed by atoms with Crippen molar-refractivity contribution < 1.29 is 24.2 Å². The Bertz CT molecular complexity index is 974. The van der Waals surface area contributed by atoms with Crippen LogP contribution in [0.1, 0.15) is 51.2 Å². The second kappa shape index (κ2) is 10.6. The summed E-state index contributed by atoms with van der Waals surface area (Å²) in [5, 5.41) is 15.0. The molecule has 0 bridgehead atoms. The van der Waals surface area contributed by atoms with E-state index >= 15 is 0 Å². The largest absolute Gasteiger partial charge is 0.449 e. The van der Waals surface area contributed by atoms with Gasteiger partial charge in [0.25, 0.3) is 0 Å². The molecule has 2 amide bonds. The monoisotopic (exact) mass is 452 g/mol. The summed E-state index contributed by atoms with van der Waals surface area (Å²) >= 11 is 0. The van der Waals surface area contributed by atoms with Crippen LogP contribution in [0.15, 0.2) is 48.5 Å². The van der Waals surface area contributed by atoms with Crippen molar-refractivity contribution in [3.05, 3.63) is 59.7 Å². The number of aliphatic hydroxyl groups excluding tert-OH is 1. The van der Waals surface area contributed by atoms with E-state index in [1.165, 1.54) is 13.8 Å². The highest BCUT2D eigenvalue weighted by molar-refractivity contribution is 5.91. The summed E-state index contributed by atoms with van der Waals surface area (Å²) in [4.78, 5) is 37.3. The summed E-state index contributed by atoms with van der Waals surface area (Å²) in [6.45, 7) is 6.61. The lowest BCUT2D eigenvalue weighted by Gasteiger charge is -2.27. The fraction of sp³-hybridized carbons (Fsp3) is 0.423. The fourth-order valence-corrected chi connectivity index (χ4v) is 4.27. The van der Waals surface area contributed by atoms with Crippen molar-refractivity contribution in [1.82, 2.24) is 10.6 Å². The quantitative estimate of drug-likeness (QED) is 0.541. The number of fused-ring (bicyclic) bond motifs is 3. The van der Waals surface area contributed by atoms with Gasteiger partial charge < -0.3 is 20.5 Å². The third-order valence-corrected chi connectivity index (χ3v) is 6.33. The van der Waals surface area contributed by atoms with Gasteiger partial charge in [-0.05, 0) is 42.0 Å². The van der Waals surface area contributed by atoms with Crippen LogP contribution in [0.2, 0.25) is 0 Å². The van der Waals surface area contributed by atoms with Gasteiger partial charge in [-0.15, -0.1) is 0 Å². The van der Waals surface area contributed by atoms with Crippen LogP contribution in [-0.4, -0.2) is 47.7 Å². The Balaban J connectivity index is 1.69. The number of Topliss-reactive ketones (excluding diaryl/α,β-unsaturated/α-hetero) is 1. The number of benzene rings is 2. The number of hydrogen-bond donors (Lipinski definition) is 3. The van der Waals surface area contributed by atoms with E-state index in [0.29, 0.717) is 6.42 Å². The van der Waals surface area contributed by atoms with Crippen LogP contribution in [0.5, 0.6) is 0 Å². The van der Waals surface area contributed by atoms with E-state index in [4.69, 9.17) is 4.74 Å². The molecule has 0 aliphatic heterocycles. The summed E-state index contributed by atoms with van der Waals surface area (Å²) in [7, 11) is 0. The highest BCUT2D eigenvalue weighted by atomic mass is 16.5. The van der Waals surface area contributed by atoms with Crippen molar-refractivity contribution >= 4 is 17.8 Å². The number of carbonyl (C=O) groups excluding carboxylic acids is 3. The number of ether oxygens (including phenoxy) is 1. The zero-order valence-electron chi connectivity index (χ0n) is 19.5. The van der Waals surface area contributed by atoms with Crippen LogP contribution in [-0.2, 0) is 14.3 Å². The molecule has 2 aromatic rings. The van der Waals surface area contributed by atoms with Gasteiger partial charge in [0.1, 0.15) is 18.7 Å². The van der Waals surface area contributed by atoms with Crippen molar-refractivity contribution in [2.45, 2.75) is 58.2 Å². The maximum atomic E-state index is 12.8. The fourth-order valence-electron chi connectivity index (χ4n) is 4.27. The third-order valence-electron chi connectivity index (χ3n) is 6.33. The number of carbonyl (C=O) groups is 3.